The van der Waals surface area contributed by atoms with Crippen LogP contribution in [0.3, 0.4) is 0 Å². The lowest BCUT2D eigenvalue weighted by Gasteiger charge is -2.55. The standard InChI is InChI=1S/C15H21ClFNO/c1-4-15(5-2)13(18-3)9-14(15)19-10-6-7-12(17)11(16)8-10/h6-8,13-14,18H,4-5,9H2,1-3H3. The highest BCUT2D eigenvalue weighted by Crippen LogP contribution is 2.48. The molecule has 0 spiro atoms. The minimum atomic E-state index is -0.409. The van der Waals surface area contributed by atoms with E-state index in [1.807, 2.05) is 7.05 Å². The van der Waals surface area contributed by atoms with Crippen molar-refractivity contribution in [3.05, 3.63) is 29.0 Å². The second-order valence-corrected chi connectivity index (χ2v) is 5.61. The van der Waals surface area contributed by atoms with Gasteiger partial charge in [-0.1, -0.05) is 25.4 Å². The van der Waals surface area contributed by atoms with E-state index in [4.69, 9.17) is 16.3 Å². The van der Waals surface area contributed by atoms with Crippen molar-refractivity contribution in [1.29, 1.82) is 0 Å². The van der Waals surface area contributed by atoms with Gasteiger partial charge < -0.3 is 10.1 Å². The van der Waals surface area contributed by atoms with E-state index < -0.39 is 5.82 Å². The predicted octanol–water partition coefficient (Wildman–Crippen LogP) is 4.02. The maximum absolute atomic E-state index is 13.1. The Kier molecular flexibility index (Phi) is 4.36. The molecule has 1 fully saturated rings. The third-order valence-electron chi connectivity index (χ3n) is 4.62. The zero-order valence-electron chi connectivity index (χ0n) is 11.7. The number of benzene rings is 1. The fraction of sp³-hybridized carbons (Fsp3) is 0.600. The van der Waals surface area contributed by atoms with Crippen LogP contribution in [0.4, 0.5) is 4.39 Å². The monoisotopic (exact) mass is 285 g/mol. The van der Waals surface area contributed by atoms with Gasteiger partial charge in [-0.25, -0.2) is 4.39 Å². The first-order valence-electron chi connectivity index (χ1n) is 6.86. The van der Waals surface area contributed by atoms with Crippen molar-refractivity contribution in [3.63, 3.8) is 0 Å². The average Bonchev–Trinajstić information content (AvgIpc) is 2.40. The van der Waals surface area contributed by atoms with E-state index in [-0.39, 0.29) is 16.5 Å². The van der Waals surface area contributed by atoms with E-state index in [1.165, 1.54) is 6.07 Å². The molecule has 1 N–H and O–H groups in total. The molecule has 1 aliphatic rings. The second kappa shape index (κ2) is 5.68. The van der Waals surface area contributed by atoms with Crippen LogP contribution in [0.1, 0.15) is 33.1 Å². The molecule has 0 aromatic heterocycles. The second-order valence-electron chi connectivity index (χ2n) is 5.20. The van der Waals surface area contributed by atoms with Gasteiger partial charge in [0.15, 0.2) is 0 Å². The number of halogens is 2. The van der Waals surface area contributed by atoms with Crippen molar-refractivity contribution in [2.75, 3.05) is 7.05 Å². The molecule has 0 heterocycles. The van der Waals surface area contributed by atoms with Crippen molar-refractivity contribution in [2.24, 2.45) is 5.41 Å². The van der Waals surface area contributed by atoms with Gasteiger partial charge in [0.2, 0.25) is 0 Å². The molecule has 0 bridgehead atoms. The van der Waals surface area contributed by atoms with Crippen LogP contribution < -0.4 is 10.1 Å². The first-order valence-corrected chi connectivity index (χ1v) is 7.24. The molecule has 2 nitrogen and oxygen atoms in total. The largest absolute Gasteiger partial charge is 0.490 e. The lowest BCUT2D eigenvalue weighted by molar-refractivity contribution is -0.0836. The highest BCUT2D eigenvalue weighted by atomic mass is 35.5. The molecule has 0 saturated heterocycles. The lowest BCUT2D eigenvalue weighted by Crippen LogP contribution is -2.63. The Morgan fingerprint density at radius 3 is 2.63 bits per heavy atom. The van der Waals surface area contributed by atoms with Crippen molar-refractivity contribution in [1.82, 2.24) is 5.32 Å². The predicted molar refractivity (Wildman–Crippen MR) is 76.3 cm³/mol. The summed E-state index contributed by atoms with van der Waals surface area (Å²) in [6, 6.07) is 5.04. The SMILES string of the molecule is CCC1(CC)C(NC)CC1Oc1ccc(F)c(Cl)c1. The zero-order valence-corrected chi connectivity index (χ0v) is 12.4. The van der Waals surface area contributed by atoms with E-state index >= 15 is 0 Å². The summed E-state index contributed by atoms with van der Waals surface area (Å²) in [6.07, 6.45) is 3.28. The number of hydrogen-bond acceptors (Lipinski definition) is 2. The summed E-state index contributed by atoms with van der Waals surface area (Å²) in [7, 11) is 2.00. The first kappa shape index (κ1) is 14.6. The minimum Gasteiger partial charge on any atom is -0.490 e. The number of rotatable bonds is 5. The van der Waals surface area contributed by atoms with Crippen LogP contribution in [-0.2, 0) is 0 Å². The van der Waals surface area contributed by atoms with Crippen LogP contribution in [0.25, 0.3) is 0 Å². The molecule has 4 heteroatoms. The van der Waals surface area contributed by atoms with Crippen molar-refractivity contribution in [3.8, 4) is 5.75 Å². The van der Waals surface area contributed by atoms with Crippen LogP contribution in [0.15, 0.2) is 18.2 Å². The smallest absolute Gasteiger partial charge is 0.142 e. The summed E-state index contributed by atoms with van der Waals surface area (Å²) in [5.74, 6) is 0.241. The van der Waals surface area contributed by atoms with Gasteiger partial charge in [-0.15, -0.1) is 0 Å². The highest BCUT2D eigenvalue weighted by molar-refractivity contribution is 6.30. The third-order valence-corrected chi connectivity index (χ3v) is 4.91. The zero-order chi connectivity index (χ0) is 14.0. The molecule has 1 aromatic rings. The van der Waals surface area contributed by atoms with E-state index in [0.29, 0.717) is 11.8 Å². The van der Waals surface area contributed by atoms with Crippen molar-refractivity contribution in [2.45, 2.75) is 45.3 Å². The van der Waals surface area contributed by atoms with E-state index in [2.05, 4.69) is 19.2 Å². The van der Waals surface area contributed by atoms with Crippen molar-refractivity contribution < 1.29 is 9.13 Å². The fourth-order valence-electron chi connectivity index (χ4n) is 3.23. The molecular weight excluding hydrogens is 265 g/mol. The Balaban J connectivity index is 2.13. The van der Waals surface area contributed by atoms with Crippen LogP contribution in [0, 0.1) is 11.2 Å². The quantitative estimate of drug-likeness (QED) is 0.882. The topological polar surface area (TPSA) is 21.3 Å². The lowest BCUT2D eigenvalue weighted by atomic mass is 9.58. The first-order chi connectivity index (χ1) is 9.07. The summed E-state index contributed by atoms with van der Waals surface area (Å²) in [5, 5.41) is 3.48. The summed E-state index contributed by atoms with van der Waals surface area (Å²) >= 11 is 5.79. The molecular formula is C15H21ClFNO. The molecule has 2 unspecified atom stereocenters. The van der Waals surface area contributed by atoms with Gasteiger partial charge in [-0.05, 0) is 32.0 Å². The molecule has 0 radical (unpaired) electrons. The summed E-state index contributed by atoms with van der Waals surface area (Å²) in [4.78, 5) is 0. The van der Waals surface area contributed by atoms with Gasteiger partial charge in [0.05, 0.1) is 5.02 Å². The van der Waals surface area contributed by atoms with Crippen LogP contribution in [0.2, 0.25) is 5.02 Å². The summed E-state index contributed by atoms with van der Waals surface area (Å²) < 4.78 is 19.2. The molecule has 2 rings (SSSR count). The molecule has 0 aliphatic heterocycles. The average molecular weight is 286 g/mol. The Labute approximate surface area is 119 Å². The molecule has 1 aromatic carbocycles. The van der Waals surface area contributed by atoms with E-state index in [0.717, 1.165) is 19.3 Å². The van der Waals surface area contributed by atoms with Gasteiger partial charge in [-0.2, -0.15) is 0 Å². The summed E-state index contributed by atoms with van der Waals surface area (Å²) in [5.41, 5.74) is 0.162. The van der Waals surface area contributed by atoms with Gasteiger partial charge in [0.1, 0.15) is 17.7 Å². The van der Waals surface area contributed by atoms with Gasteiger partial charge in [0, 0.05) is 23.9 Å². The molecule has 1 saturated carbocycles. The number of hydrogen-bond donors (Lipinski definition) is 1. The molecule has 2 atom stereocenters. The Morgan fingerprint density at radius 2 is 2.11 bits per heavy atom. The van der Waals surface area contributed by atoms with Crippen LogP contribution in [0.5, 0.6) is 5.75 Å². The van der Waals surface area contributed by atoms with E-state index in [1.54, 1.807) is 12.1 Å². The van der Waals surface area contributed by atoms with Gasteiger partial charge >= 0.3 is 0 Å². The number of ether oxygens (including phenoxy) is 1. The molecule has 1 aliphatic carbocycles. The minimum absolute atomic E-state index is 0.112. The normalized spacial score (nSPS) is 24.9. The van der Waals surface area contributed by atoms with Gasteiger partial charge in [-0.3, -0.25) is 0 Å². The number of nitrogens with one attached hydrogen (secondary N) is 1. The van der Waals surface area contributed by atoms with Crippen LogP contribution >= 0.6 is 11.6 Å². The summed E-state index contributed by atoms with van der Waals surface area (Å²) in [6.45, 7) is 4.39. The van der Waals surface area contributed by atoms with E-state index in [9.17, 15) is 4.39 Å². The maximum atomic E-state index is 13.1. The molecule has 0 amide bonds. The maximum Gasteiger partial charge on any atom is 0.142 e. The third kappa shape index (κ3) is 2.46. The molecule has 19 heavy (non-hydrogen) atoms. The highest BCUT2D eigenvalue weighted by Gasteiger charge is 2.53. The Morgan fingerprint density at radius 1 is 1.42 bits per heavy atom. The Hall–Kier alpha value is -0.800. The van der Waals surface area contributed by atoms with Gasteiger partial charge in [0.25, 0.3) is 0 Å². The Bertz CT molecular complexity index is 448. The van der Waals surface area contributed by atoms with Crippen molar-refractivity contribution >= 4 is 11.6 Å². The molecule has 106 valence electrons. The van der Waals surface area contributed by atoms with Crippen LogP contribution in [-0.4, -0.2) is 19.2 Å². The fourth-order valence-corrected chi connectivity index (χ4v) is 3.40.